The standard InChI is InChI=1S/C11H5N4.Pt/c1-12-10-4-2-3-9-8(10)5-6-15-7-13-14-11(9)15;/h2,4-7H;/q-1;. The third-order valence-corrected chi connectivity index (χ3v) is 2.33. The summed E-state index contributed by atoms with van der Waals surface area (Å²) in [5.74, 6) is 0. The second kappa shape index (κ2) is 4.03. The first-order valence-corrected chi connectivity index (χ1v) is 4.40. The molecule has 2 aromatic heterocycles. The average molecular weight is 388 g/mol. The molecule has 3 rings (SSSR count). The summed E-state index contributed by atoms with van der Waals surface area (Å²) in [7, 11) is 0. The molecule has 0 N–H and O–H groups in total. The van der Waals surface area contributed by atoms with Gasteiger partial charge in [-0.05, 0) is 6.20 Å². The molecule has 2 heterocycles. The van der Waals surface area contributed by atoms with E-state index in [1.807, 2.05) is 16.7 Å². The Balaban J connectivity index is 0.000000963. The van der Waals surface area contributed by atoms with Crippen LogP contribution in [-0.2, 0) is 21.1 Å². The zero-order chi connectivity index (χ0) is 10.3. The van der Waals surface area contributed by atoms with Crippen LogP contribution in [0.25, 0.3) is 21.3 Å². The minimum atomic E-state index is 0. The topological polar surface area (TPSA) is 34.5 Å². The van der Waals surface area contributed by atoms with Gasteiger partial charge in [-0.25, -0.2) is 0 Å². The summed E-state index contributed by atoms with van der Waals surface area (Å²) >= 11 is 0. The third kappa shape index (κ3) is 1.41. The number of hydrogen-bond acceptors (Lipinski definition) is 2. The fraction of sp³-hybridized carbons (Fsp3) is 0. The van der Waals surface area contributed by atoms with Gasteiger partial charge in [0.15, 0.2) is 0 Å². The molecule has 0 bridgehead atoms. The predicted octanol–water partition coefficient (Wildman–Crippen LogP) is 2.23. The van der Waals surface area contributed by atoms with E-state index in [0.717, 1.165) is 16.4 Å². The minimum Gasteiger partial charge on any atom is -0.330 e. The van der Waals surface area contributed by atoms with Crippen LogP contribution >= 0.6 is 0 Å². The monoisotopic (exact) mass is 388 g/mol. The van der Waals surface area contributed by atoms with Crippen LogP contribution in [0, 0.1) is 12.6 Å². The largest absolute Gasteiger partial charge is 0.330 e. The van der Waals surface area contributed by atoms with Crippen LogP contribution < -0.4 is 0 Å². The molecule has 0 spiro atoms. The van der Waals surface area contributed by atoms with Crippen molar-refractivity contribution in [1.82, 2.24) is 14.6 Å². The second-order valence-electron chi connectivity index (χ2n) is 3.14. The molecule has 0 fully saturated rings. The van der Waals surface area contributed by atoms with Gasteiger partial charge >= 0.3 is 0 Å². The summed E-state index contributed by atoms with van der Waals surface area (Å²) in [6.45, 7) is 7.07. The van der Waals surface area contributed by atoms with Crippen LogP contribution in [0.2, 0.25) is 0 Å². The van der Waals surface area contributed by atoms with Crippen molar-refractivity contribution in [3.8, 4) is 0 Å². The first-order chi connectivity index (χ1) is 7.40. The molecule has 0 unspecified atom stereocenters. The van der Waals surface area contributed by atoms with Gasteiger partial charge in [0.05, 0.1) is 12.2 Å². The van der Waals surface area contributed by atoms with Crippen molar-refractivity contribution in [2.24, 2.45) is 0 Å². The number of rotatable bonds is 0. The summed E-state index contributed by atoms with van der Waals surface area (Å²) in [5, 5.41) is 9.53. The molecule has 0 aliphatic heterocycles. The van der Waals surface area contributed by atoms with Gasteiger partial charge in [0.2, 0.25) is 0 Å². The first-order valence-electron chi connectivity index (χ1n) is 4.40. The van der Waals surface area contributed by atoms with E-state index in [1.54, 1.807) is 18.5 Å². The zero-order valence-electron chi connectivity index (χ0n) is 7.99. The number of benzene rings is 1. The van der Waals surface area contributed by atoms with Crippen molar-refractivity contribution in [2.75, 3.05) is 0 Å². The van der Waals surface area contributed by atoms with Gasteiger partial charge in [-0.1, -0.05) is 11.5 Å². The maximum atomic E-state index is 7.07. The van der Waals surface area contributed by atoms with Gasteiger partial charge < -0.3 is 4.40 Å². The Bertz CT molecular complexity index is 696. The van der Waals surface area contributed by atoms with Crippen LogP contribution in [-0.4, -0.2) is 14.6 Å². The summed E-state index contributed by atoms with van der Waals surface area (Å²) in [5.41, 5.74) is 1.35. The Morgan fingerprint density at radius 2 is 2.25 bits per heavy atom. The van der Waals surface area contributed by atoms with E-state index in [0.29, 0.717) is 5.69 Å². The smallest absolute Gasteiger partial charge is 0.115 e. The molecule has 1 aromatic carbocycles. The van der Waals surface area contributed by atoms with Crippen LogP contribution in [0.4, 0.5) is 5.69 Å². The van der Waals surface area contributed by atoms with Crippen molar-refractivity contribution in [2.45, 2.75) is 0 Å². The van der Waals surface area contributed by atoms with E-state index in [-0.39, 0.29) is 21.1 Å². The number of nitrogens with zero attached hydrogens (tertiary/aromatic N) is 4. The molecular weight excluding hydrogens is 383 g/mol. The van der Waals surface area contributed by atoms with Crippen LogP contribution in [0.3, 0.4) is 0 Å². The molecule has 0 saturated carbocycles. The molecule has 0 amide bonds. The molecule has 0 aliphatic rings. The quantitative estimate of drug-likeness (QED) is 0.554. The first kappa shape index (κ1) is 10.8. The van der Waals surface area contributed by atoms with Crippen molar-refractivity contribution in [1.29, 1.82) is 0 Å². The fourth-order valence-corrected chi connectivity index (χ4v) is 1.64. The number of aromatic nitrogens is 3. The number of hydrogen-bond donors (Lipinski definition) is 0. The average Bonchev–Trinajstić information content (AvgIpc) is 2.76. The van der Waals surface area contributed by atoms with Gasteiger partial charge in [-0.2, -0.15) is 11.2 Å². The molecule has 4 nitrogen and oxygen atoms in total. The van der Waals surface area contributed by atoms with Crippen molar-refractivity contribution >= 4 is 22.1 Å². The predicted molar refractivity (Wildman–Crippen MR) is 55.6 cm³/mol. The molecule has 16 heavy (non-hydrogen) atoms. The Labute approximate surface area is 106 Å². The molecule has 0 radical (unpaired) electrons. The van der Waals surface area contributed by atoms with Gasteiger partial charge in [0, 0.05) is 21.1 Å². The summed E-state index contributed by atoms with van der Waals surface area (Å²) in [6.07, 6.45) is 3.48. The molecule has 3 aromatic rings. The summed E-state index contributed by atoms with van der Waals surface area (Å²) in [6, 6.07) is 8.47. The molecule has 0 atom stereocenters. The van der Waals surface area contributed by atoms with Crippen LogP contribution in [0.15, 0.2) is 30.7 Å². The van der Waals surface area contributed by atoms with E-state index >= 15 is 0 Å². The molecule has 0 saturated heterocycles. The minimum absolute atomic E-state index is 0. The van der Waals surface area contributed by atoms with Gasteiger partial charge in [0.1, 0.15) is 12.0 Å². The molecule has 80 valence electrons. The van der Waals surface area contributed by atoms with E-state index in [1.165, 1.54) is 0 Å². The van der Waals surface area contributed by atoms with Gasteiger partial charge in [-0.15, -0.1) is 22.6 Å². The molecule has 0 aliphatic carbocycles. The van der Waals surface area contributed by atoms with Crippen LogP contribution in [0.5, 0.6) is 0 Å². The summed E-state index contributed by atoms with van der Waals surface area (Å²) in [4.78, 5) is 3.46. The normalized spacial score (nSPS) is 9.94. The van der Waals surface area contributed by atoms with Crippen molar-refractivity contribution in [3.05, 3.63) is 48.2 Å². The molecule has 5 heteroatoms. The van der Waals surface area contributed by atoms with Crippen molar-refractivity contribution in [3.63, 3.8) is 0 Å². The SMILES string of the molecule is [C-]#[N+]c1cc[c-]c2c1ccn1cnnc21.[Pt]. The van der Waals surface area contributed by atoms with Crippen LogP contribution in [0.1, 0.15) is 0 Å². The van der Waals surface area contributed by atoms with E-state index in [4.69, 9.17) is 6.57 Å². The van der Waals surface area contributed by atoms with Gasteiger partial charge in [-0.3, -0.25) is 4.85 Å². The van der Waals surface area contributed by atoms with E-state index in [2.05, 4.69) is 21.1 Å². The summed E-state index contributed by atoms with van der Waals surface area (Å²) < 4.78 is 1.81. The number of pyridine rings is 1. The van der Waals surface area contributed by atoms with Gasteiger partial charge in [0.25, 0.3) is 0 Å². The second-order valence-corrected chi connectivity index (χ2v) is 3.14. The van der Waals surface area contributed by atoms with E-state index in [9.17, 15) is 0 Å². The third-order valence-electron chi connectivity index (χ3n) is 2.33. The van der Waals surface area contributed by atoms with Crippen molar-refractivity contribution < 1.29 is 21.1 Å². The maximum Gasteiger partial charge on any atom is 0.115 e. The Kier molecular flexibility index (Phi) is 2.72. The molecular formula is C11H5N4Pt-. The Morgan fingerprint density at radius 3 is 3.06 bits per heavy atom. The fourth-order valence-electron chi connectivity index (χ4n) is 1.64. The van der Waals surface area contributed by atoms with E-state index < -0.39 is 0 Å². The Morgan fingerprint density at radius 1 is 1.38 bits per heavy atom. The zero-order valence-corrected chi connectivity index (χ0v) is 10.3. The maximum absolute atomic E-state index is 7.07. The Hall–Kier alpha value is -1.72. The number of fused-ring (bicyclic) bond motifs is 3.